The number of likely N-dealkylation sites (tertiary alicyclic amines) is 1. The van der Waals surface area contributed by atoms with Gasteiger partial charge in [0.1, 0.15) is 17.1 Å². The Morgan fingerprint density at radius 1 is 1.26 bits per heavy atom. The van der Waals surface area contributed by atoms with Gasteiger partial charge in [0, 0.05) is 42.1 Å². The van der Waals surface area contributed by atoms with Crippen LogP contribution >= 0.6 is 11.6 Å². The van der Waals surface area contributed by atoms with E-state index in [1.54, 1.807) is 6.07 Å². The second kappa shape index (κ2) is 7.52. The topological polar surface area (TPSA) is 64.8 Å². The molecule has 2 atom stereocenters. The molecule has 0 aliphatic carbocycles. The molecule has 0 unspecified atom stereocenters. The third-order valence-electron chi connectivity index (χ3n) is 7.37. The molecule has 4 heterocycles. The van der Waals surface area contributed by atoms with Crippen LogP contribution in [0.1, 0.15) is 67.9 Å². The summed E-state index contributed by atoms with van der Waals surface area (Å²) < 4.78 is 18.1. The van der Waals surface area contributed by atoms with E-state index in [-0.39, 0.29) is 28.9 Å². The van der Waals surface area contributed by atoms with Crippen LogP contribution in [-0.2, 0) is 11.2 Å². The molecule has 6 nitrogen and oxygen atoms in total. The molecule has 5 rings (SSSR count). The van der Waals surface area contributed by atoms with Gasteiger partial charge in [-0.25, -0.2) is 0 Å². The van der Waals surface area contributed by atoms with Crippen molar-refractivity contribution in [3.63, 3.8) is 0 Å². The van der Waals surface area contributed by atoms with Crippen molar-refractivity contribution in [3.8, 4) is 5.75 Å². The normalized spacial score (nSPS) is 26.1. The number of hydrogen-bond acceptors (Lipinski definition) is 5. The lowest BCUT2D eigenvalue weighted by Gasteiger charge is -2.54. The molecule has 166 valence electrons. The molecule has 1 spiro atoms. The van der Waals surface area contributed by atoms with Gasteiger partial charge in [-0.3, -0.25) is 4.79 Å². The fourth-order valence-corrected chi connectivity index (χ4v) is 5.58. The largest absolute Gasteiger partial charge is 0.487 e. The highest BCUT2D eigenvalue weighted by molar-refractivity contribution is 6.30. The fourth-order valence-electron chi connectivity index (χ4n) is 5.40. The van der Waals surface area contributed by atoms with Crippen molar-refractivity contribution < 1.29 is 18.8 Å². The highest BCUT2D eigenvalue weighted by Gasteiger charge is 2.53. The number of amides is 1. The maximum absolute atomic E-state index is 12.8. The number of hydrogen-bond donors (Lipinski definition) is 0. The van der Waals surface area contributed by atoms with Crippen LogP contribution in [-0.4, -0.2) is 41.3 Å². The SMILES string of the molecule is CCc1cc(C(=O)N2CCC3(CC2)CO[C@@H]2c4cc(Cl)ccc4OC(C)(C)[C@H]2C3)no1. The van der Waals surface area contributed by atoms with Crippen LogP contribution in [0.3, 0.4) is 0 Å². The number of halogens is 1. The summed E-state index contributed by atoms with van der Waals surface area (Å²) in [6, 6.07) is 7.55. The summed E-state index contributed by atoms with van der Waals surface area (Å²) in [5, 5.41) is 4.65. The van der Waals surface area contributed by atoms with Crippen LogP contribution in [0.2, 0.25) is 5.02 Å². The lowest BCUT2D eigenvalue weighted by atomic mass is 9.64. The molecule has 1 amide bonds. The van der Waals surface area contributed by atoms with Crippen molar-refractivity contribution in [3.05, 3.63) is 46.3 Å². The molecule has 3 aliphatic heterocycles. The number of aromatic nitrogens is 1. The fraction of sp³-hybridized carbons (Fsp3) is 0.583. The predicted octanol–water partition coefficient (Wildman–Crippen LogP) is 5.06. The second-order valence-electron chi connectivity index (χ2n) is 9.75. The molecule has 0 bridgehead atoms. The van der Waals surface area contributed by atoms with E-state index in [4.69, 9.17) is 25.6 Å². The van der Waals surface area contributed by atoms with Crippen LogP contribution in [0.25, 0.3) is 0 Å². The third kappa shape index (κ3) is 3.64. The second-order valence-corrected chi connectivity index (χ2v) is 10.2. The first-order chi connectivity index (χ1) is 14.8. The van der Waals surface area contributed by atoms with Gasteiger partial charge in [-0.05, 0) is 56.7 Å². The highest BCUT2D eigenvalue weighted by Crippen LogP contribution is 2.55. The minimum absolute atomic E-state index is 0.00895. The van der Waals surface area contributed by atoms with Gasteiger partial charge < -0.3 is 18.9 Å². The van der Waals surface area contributed by atoms with E-state index in [1.807, 2.05) is 30.0 Å². The average Bonchev–Trinajstić information content (AvgIpc) is 3.24. The van der Waals surface area contributed by atoms with Crippen LogP contribution in [0.15, 0.2) is 28.8 Å². The first-order valence-corrected chi connectivity index (χ1v) is 11.5. The predicted molar refractivity (Wildman–Crippen MR) is 116 cm³/mol. The summed E-state index contributed by atoms with van der Waals surface area (Å²) in [6.45, 7) is 8.40. The first-order valence-electron chi connectivity index (χ1n) is 11.2. The van der Waals surface area contributed by atoms with Crippen molar-refractivity contribution in [2.45, 2.75) is 58.2 Å². The van der Waals surface area contributed by atoms with Gasteiger partial charge in [0.2, 0.25) is 0 Å². The number of benzene rings is 1. The Hall–Kier alpha value is -2.05. The number of carbonyl (C=O) groups is 1. The van der Waals surface area contributed by atoms with E-state index < -0.39 is 0 Å². The molecule has 1 aromatic heterocycles. The highest BCUT2D eigenvalue weighted by atomic mass is 35.5. The van der Waals surface area contributed by atoms with E-state index in [0.717, 1.165) is 42.8 Å². The van der Waals surface area contributed by atoms with Crippen LogP contribution < -0.4 is 4.74 Å². The molecule has 0 radical (unpaired) electrons. The summed E-state index contributed by atoms with van der Waals surface area (Å²) in [7, 11) is 0. The summed E-state index contributed by atoms with van der Waals surface area (Å²) in [5.41, 5.74) is 1.19. The minimum atomic E-state index is -0.330. The van der Waals surface area contributed by atoms with Gasteiger partial charge >= 0.3 is 0 Å². The number of rotatable bonds is 2. The molecular weight excluding hydrogens is 416 g/mol. The van der Waals surface area contributed by atoms with Gasteiger partial charge in [-0.1, -0.05) is 23.7 Å². The Balaban J connectivity index is 1.31. The zero-order valence-electron chi connectivity index (χ0n) is 18.3. The number of piperidine rings is 1. The molecule has 1 aromatic carbocycles. The van der Waals surface area contributed by atoms with Crippen molar-refractivity contribution >= 4 is 17.5 Å². The summed E-state index contributed by atoms with van der Waals surface area (Å²) in [5.74, 6) is 1.80. The van der Waals surface area contributed by atoms with Gasteiger partial charge in [0.15, 0.2) is 5.69 Å². The molecule has 2 aromatic rings. The van der Waals surface area contributed by atoms with Crippen molar-refractivity contribution in [2.24, 2.45) is 11.3 Å². The van der Waals surface area contributed by atoms with Crippen molar-refractivity contribution in [1.29, 1.82) is 0 Å². The summed E-state index contributed by atoms with van der Waals surface area (Å²) >= 11 is 6.27. The Labute approximate surface area is 187 Å². The molecule has 2 saturated heterocycles. The number of ether oxygens (including phenoxy) is 2. The number of aryl methyl sites for hydroxylation is 1. The van der Waals surface area contributed by atoms with E-state index in [1.165, 1.54) is 0 Å². The molecule has 31 heavy (non-hydrogen) atoms. The number of nitrogens with zero attached hydrogens (tertiary/aromatic N) is 2. The maximum atomic E-state index is 12.8. The lowest BCUT2D eigenvalue weighted by molar-refractivity contribution is -0.173. The first kappa shape index (κ1) is 20.8. The molecule has 2 fully saturated rings. The van der Waals surface area contributed by atoms with Gasteiger partial charge in [0.25, 0.3) is 5.91 Å². The number of fused-ring (bicyclic) bond motifs is 3. The Morgan fingerprint density at radius 2 is 2.03 bits per heavy atom. The molecular formula is C24H29ClN2O4. The Bertz CT molecular complexity index is 993. The third-order valence-corrected chi connectivity index (χ3v) is 7.60. The Morgan fingerprint density at radius 3 is 2.74 bits per heavy atom. The summed E-state index contributed by atoms with van der Waals surface area (Å²) in [4.78, 5) is 14.7. The molecule has 0 saturated carbocycles. The van der Waals surface area contributed by atoms with Crippen LogP contribution in [0, 0.1) is 11.3 Å². The monoisotopic (exact) mass is 444 g/mol. The van der Waals surface area contributed by atoms with Gasteiger partial charge in [0.05, 0.1) is 12.7 Å². The van der Waals surface area contributed by atoms with E-state index >= 15 is 0 Å². The quantitative estimate of drug-likeness (QED) is 0.647. The van der Waals surface area contributed by atoms with Crippen molar-refractivity contribution in [2.75, 3.05) is 19.7 Å². The van der Waals surface area contributed by atoms with E-state index in [0.29, 0.717) is 30.4 Å². The molecule has 7 heteroatoms. The van der Waals surface area contributed by atoms with Crippen LogP contribution in [0.4, 0.5) is 0 Å². The Kier molecular flexibility index (Phi) is 5.05. The number of carbonyl (C=O) groups excluding carboxylic acids is 1. The average molecular weight is 445 g/mol. The van der Waals surface area contributed by atoms with Gasteiger partial charge in [-0.15, -0.1) is 0 Å². The zero-order chi connectivity index (χ0) is 21.8. The lowest BCUT2D eigenvalue weighted by Crippen LogP contribution is -2.54. The molecule has 3 aliphatic rings. The minimum Gasteiger partial charge on any atom is -0.487 e. The summed E-state index contributed by atoms with van der Waals surface area (Å²) in [6.07, 6.45) is 3.57. The standard InChI is InChI=1S/C24H29ClN2O4/c1-4-16-12-19(26-31-16)22(28)27-9-7-24(8-10-27)13-18-21(29-14-24)17-11-15(25)5-6-20(17)30-23(18,2)3/h5-6,11-12,18,21H,4,7-10,13-14H2,1-3H3/t18-,21+/m0/s1. The zero-order valence-corrected chi connectivity index (χ0v) is 19.1. The smallest absolute Gasteiger partial charge is 0.276 e. The van der Waals surface area contributed by atoms with E-state index in [2.05, 4.69) is 19.0 Å². The maximum Gasteiger partial charge on any atom is 0.276 e. The molecule has 0 N–H and O–H groups in total. The van der Waals surface area contributed by atoms with Gasteiger partial charge in [-0.2, -0.15) is 0 Å². The van der Waals surface area contributed by atoms with Crippen molar-refractivity contribution in [1.82, 2.24) is 10.1 Å². The van der Waals surface area contributed by atoms with E-state index in [9.17, 15) is 4.79 Å². The van der Waals surface area contributed by atoms with Crippen LogP contribution in [0.5, 0.6) is 5.75 Å².